The van der Waals surface area contributed by atoms with Crippen LogP contribution in [0.1, 0.15) is 26.3 Å². The molecular formula is C17H27N3O3. The standard InChI is InChI=1S/C17H27N3O3/c1-12(2)19-16(21)11-20(4)13(3)17(22)18-10-14-6-8-15(23-5)9-7-14/h6-9,12-13H,10-11H2,1-5H3,(H,18,22)(H,19,21)/t13-/m0/s1. The van der Waals surface area contributed by atoms with Crippen molar-refractivity contribution in [1.29, 1.82) is 0 Å². The van der Waals surface area contributed by atoms with Crippen molar-refractivity contribution in [1.82, 2.24) is 15.5 Å². The van der Waals surface area contributed by atoms with Gasteiger partial charge in [0.05, 0.1) is 19.7 Å². The van der Waals surface area contributed by atoms with E-state index in [0.29, 0.717) is 6.54 Å². The predicted molar refractivity (Wildman–Crippen MR) is 90.2 cm³/mol. The Hall–Kier alpha value is -2.08. The molecule has 0 unspecified atom stereocenters. The van der Waals surface area contributed by atoms with E-state index in [1.807, 2.05) is 38.1 Å². The maximum Gasteiger partial charge on any atom is 0.237 e. The summed E-state index contributed by atoms with van der Waals surface area (Å²) in [5.41, 5.74) is 0.992. The van der Waals surface area contributed by atoms with Crippen LogP contribution in [-0.2, 0) is 16.1 Å². The Labute approximate surface area is 138 Å². The summed E-state index contributed by atoms with van der Waals surface area (Å²) in [6.45, 7) is 6.23. The minimum Gasteiger partial charge on any atom is -0.497 e. The Morgan fingerprint density at radius 1 is 1.17 bits per heavy atom. The summed E-state index contributed by atoms with van der Waals surface area (Å²) in [6.07, 6.45) is 0. The normalized spacial score (nSPS) is 12.1. The molecule has 0 heterocycles. The van der Waals surface area contributed by atoms with Crippen molar-refractivity contribution in [2.45, 2.75) is 39.4 Å². The first-order valence-corrected chi connectivity index (χ1v) is 7.73. The van der Waals surface area contributed by atoms with Gasteiger partial charge in [-0.05, 0) is 45.5 Å². The van der Waals surface area contributed by atoms with E-state index in [1.165, 1.54) is 0 Å². The van der Waals surface area contributed by atoms with Crippen LogP contribution in [0.5, 0.6) is 5.75 Å². The maximum atomic E-state index is 12.2. The number of nitrogens with zero attached hydrogens (tertiary/aromatic N) is 1. The third kappa shape index (κ3) is 6.69. The van der Waals surface area contributed by atoms with Crippen molar-refractivity contribution in [3.63, 3.8) is 0 Å². The lowest BCUT2D eigenvalue weighted by molar-refractivity contribution is -0.128. The predicted octanol–water partition coefficient (Wildman–Crippen LogP) is 1.16. The van der Waals surface area contributed by atoms with Gasteiger partial charge in [-0.1, -0.05) is 12.1 Å². The van der Waals surface area contributed by atoms with Crippen LogP contribution < -0.4 is 15.4 Å². The van der Waals surface area contributed by atoms with Crippen LogP contribution in [0.4, 0.5) is 0 Å². The SMILES string of the molecule is COc1ccc(CNC(=O)[C@H](C)N(C)CC(=O)NC(C)C)cc1. The van der Waals surface area contributed by atoms with Crippen molar-refractivity contribution >= 4 is 11.8 Å². The average molecular weight is 321 g/mol. The maximum absolute atomic E-state index is 12.2. The monoisotopic (exact) mass is 321 g/mol. The van der Waals surface area contributed by atoms with Crippen molar-refractivity contribution in [2.24, 2.45) is 0 Å². The van der Waals surface area contributed by atoms with Gasteiger partial charge in [0.1, 0.15) is 5.75 Å². The van der Waals surface area contributed by atoms with Gasteiger partial charge in [0.25, 0.3) is 0 Å². The van der Waals surface area contributed by atoms with Gasteiger partial charge < -0.3 is 15.4 Å². The second-order valence-corrected chi connectivity index (χ2v) is 5.88. The van der Waals surface area contributed by atoms with Gasteiger partial charge in [-0.25, -0.2) is 0 Å². The minimum absolute atomic E-state index is 0.0858. The molecule has 23 heavy (non-hydrogen) atoms. The van der Waals surface area contributed by atoms with Crippen molar-refractivity contribution < 1.29 is 14.3 Å². The molecule has 128 valence electrons. The number of hydrogen-bond donors (Lipinski definition) is 2. The van der Waals surface area contributed by atoms with Gasteiger partial charge in [-0.15, -0.1) is 0 Å². The molecule has 1 atom stereocenters. The van der Waals surface area contributed by atoms with Crippen molar-refractivity contribution in [3.05, 3.63) is 29.8 Å². The fourth-order valence-corrected chi connectivity index (χ4v) is 2.01. The molecule has 0 aromatic heterocycles. The highest BCUT2D eigenvalue weighted by molar-refractivity contribution is 5.83. The number of benzene rings is 1. The van der Waals surface area contributed by atoms with E-state index < -0.39 is 0 Å². The van der Waals surface area contributed by atoms with E-state index in [2.05, 4.69) is 10.6 Å². The summed E-state index contributed by atoms with van der Waals surface area (Å²) < 4.78 is 5.10. The Balaban J connectivity index is 2.44. The number of nitrogens with one attached hydrogen (secondary N) is 2. The lowest BCUT2D eigenvalue weighted by Crippen LogP contribution is -2.47. The van der Waals surface area contributed by atoms with Crippen LogP contribution in [0.2, 0.25) is 0 Å². The molecule has 0 saturated heterocycles. The van der Waals surface area contributed by atoms with E-state index in [1.54, 1.807) is 26.0 Å². The largest absolute Gasteiger partial charge is 0.497 e. The number of amides is 2. The molecule has 0 saturated carbocycles. The topological polar surface area (TPSA) is 70.7 Å². The highest BCUT2D eigenvalue weighted by Gasteiger charge is 2.20. The molecular weight excluding hydrogens is 294 g/mol. The first-order valence-electron chi connectivity index (χ1n) is 7.73. The van der Waals surface area contributed by atoms with E-state index in [9.17, 15) is 9.59 Å². The number of carbonyl (C=O) groups excluding carboxylic acids is 2. The fourth-order valence-electron chi connectivity index (χ4n) is 2.01. The summed E-state index contributed by atoms with van der Waals surface area (Å²) >= 11 is 0. The minimum atomic E-state index is -0.383. The van der Waals surface area contributed by atoms with Crippen LogP contribution in [0.15, 0.2) is 24.3 Å². The smallest absolute Gasteiger partial charge is 0.237 e. The van der Waals surface area contributed by atoms with Crippen molar-refractivity contribution in [2.75, 3.05) is 20.7 Å². The molecule has 1 rings (SSSR count). The summed E-state index contributed by atoms with van der Waals surface area (Å²) in [4.78, 5) is 25.6. The van der Waals surface area contributed by atoms with Gasteiger partial charge in [0.15, 0.2) is 0 Å². The molecule has 0 spiro atoms. The quantitative estimate of drug-likeness (QED) is 0.754. The second kappa shape index (κ2) is 9.15. The highest BCUT2D eigenvalue weighted by Crippen LogP contribution is 2.11. The Morgan fingerprint density at radius 3 is 2.30 bits per heavy atom. The number of rotatable bonds is 8. The first kappa shape index (κ1) is 19.0. The third-order valence-corrected chi connectivity index (χ3v) is 3.51. The average Bonchev–Trinajstić information content (AvgIpc) is 2.51. The van der Waals surface area contributed by atoms with Crippen molar-refractivity contribution in [3.8, 4) is 5.75 Å². The molecule has 0 aliphatic rings. The molecule has 1 aromatic carbocycles. The molecule has 0 bridgehead atoms. The zero-order chi connectivity index (χ0) is 17.4. The lowest BCUT2D eigenvalue weighted by atomic mass is 10.2. The van der Waals surface area contributed by atoms with Gasteiger partial charge in [0.2, 0.25) is 11.8 Å². The zero-order valence-electron chi connectivity index (χ0n) is 14.6. The van der Waals surface area contributed by atoms with Gasteiger partial charge in [-0.3, -0.25) is 14.5 Å². The van der Waals surface area contributed by atoms with Gasteiger partial charge >= 0.3 is 0 Å². The summed E-state index contributed by atoms with van der Waals surface area (Å²) in [6, 6.07) is 7.23. The van der Waals surface area contributed by atoms with Crippen LogP contribution in [0, 0.1) is 0 Å². The molecule has 1 aromatic rings. The Morgan fingerprint density at radius 2 is 1.78 bits per heavy atom. The van der Waals surface area contributed by atoms with Crippen LogP contribution in [0.25, 0.3) is 0 Å². The van der Waals surface area contributed by atoms with Crippen LogP contribution in [0.3, 0.4) is 0 Å². The van der Waals surface area contributed by atoms with E-state index >= 15 is 0 Å². The molecule has 6 heteroatoms. The molecule has 2 N–H and O–H groups in total. The van der Waals surface area contributed by atoms with Crippen LogP contribution >= 0.6 is 0 Å². The Kier molecular flexibility index (Phi) is 7.54. The lowest BCUT2D eigenvalue weighted by Gasteiger charge is -2.23. The summed E-state index contributed by atoms with van der Waals surface area (Å²) in [5.74, 6) is 0.585. The van der Waals surface area contributed by atoms with Gasteiger partial charge in [-0.2, -0.15) is 0 Å². The third-order valence-electron chi connectivity index (χ3n) is 3.51. The first-order chi connectivity index (χ1) is 10.8. The fraction of sp³-hybridized carbons (Fsp3) is 0.529. The molecule has 0 fully saturated rings. The molecule has 2 amide bonds. The van der Waals surface area contributed by atoms with E-state index in [-0.39, 0.29) is 30.4 Å². The molecule has 0 aliphatic carbocycles. The van der Waals surface area contributed by atoms with E-state index in [4.69, 9.17) is 4.74 Å². The summed E-state index contributed by atoms with van der Waals surface area (Å²) in [5, 5.41) is 5.69. The molecule has 0 aliphatic heterocycles. The highest BCUT2D eigenvalue weighted by atomic mass is 16.5. The molecule has 6 nitrogen and oxygen atoms in total. The van der Waals surface area contributed by atoms with Crippen LogP contribution in [-0.4, -0.2) is 49.5 Å². The molecule has 0 radical (unpaired) electrons. The Bertz CT molecular complexity index is 514. The number of carbonyl (C=O) groups is 2. The zero-order valence-corrected chi connectivity index (χ0v) is 14.6. The summed E-state index contributed by atoms with van der Waals surface area (Å²) in [7, 11) is 3.38. The number of methoxy groups -OCH3 is 1. The van der Waals surface area contributed by atoms with Gasteiger partial charge in [0, 0.05) is 12.6 Å². The number of hydrogen-bond acceptors (Lipinski definition) is 4. The second-order valence-electron chi connectivity index (χ2n) is 5.88. The number of likely N-dealkylation sites (N-methyl/N-ethyl adjacent to an activating group) is 1. The van der Waals surface area contributed by atoms with E-state index in [0.717, 1.165) is 11.3 Å². The number of ether oxygens (including phenoxy) is 1.